The molecule has 1 aliphatic rings. The van der Waals surface area contributed by atoms with Gasteiger partial charge in [0.2, 0.25) is 5.91 Å². The zero-order chi connectivity index (χ0) is 17.3. The number of nitrogens with zero attached hydrogens (tertiary/aromatic N) is 2. The van der Waals surface area contributed by atoms with Crippen molar-refractivity contribution in [1.82, 2.24) is 10.3 Å². The predicted octanol–water partition coefficient (Wildman–Crippen LogP) is 2.35. The summed E-state index contributed by atoms with van der Waals surface area (Å²) in [6.07, 6.45) is 3.52. The Morgan fingerprint density at radius 3 is 3.00 bits per heavy atom. The quantitative estimate of drug-likeness (QED) is 0.866. The molecule has 0 radical (unpaired) electrons. The molecule has 0 saturated carbocycles. The lowest BCUT2D eigenvalue weighted by Gasteiger charge is -2.27. The molecule has 2 aromatic heterocycles. The lowest BCUT2D eigenvalue weighted by Crippen LogP contribution is -2.47. The van der Waals surface area contributed by atoms with Crippen molar-refractivity contribution >= 4 is 22.4 Å². The van der Waals surface area contributed by atoms with Crippen LogP contribution in [0, 0.1) is 13.8 Å². The van der Waals surface area contributed by atoms with Crippen LogP contribution < -0.4 is 10.2 Å². The van der Waals surface area contributed by atoms with E-state index in [-0.39, 0.29) is 18.5 Å². The van der Waals surface area contributed by atoms with E-state index in [4.69, 9.17) is 4.42 Å². The number of nitrogens with one attached hydrogen (secondary N) is 1. The molecule has 7 heteroatoms. The minimum atomic E-state index is -1.16. The van der Waals surface area contributed by atoms with E-state index in [1.165, 1.54) is 11.3 Å². The van der Waals surface area contributed by atoms with Crippen molar-refractivity contribution in [3.8, 4) is 0 Å². The maximum atomic E-state index is 12.6. The molecule has 24 heavy (non-hydrogen) atoms. The van der Waals surface area contributed by atoms with Gasteiger partial charge in [0.15, 0.2) is 5.13 Å². The summed E-state index contributed by atoms with van der Waals surface area (Å²) in [5, 5.41) is 16.4. The Kier molecular flexibility index (Phi) is 4.64. The molecule has 2 atom stereocenters. The summed E-state index contributed by atoms with van der Waals surface area (Å²) in [4.78, 5) is 19.0. The van der Waals surface area contributed by atoms with Crippen molar-refractivity contribution in [2.24, 2.45) is 0 Å². The number of aromatic nitrogens is 1. The third-order valence-corrected chi connectivity index (χ3v) is 5.26. The van der Waals surface area contributed by atoms with Gasteiger partial charge < -0.3 is 19.7 Å². The Balaban J connectivity index is 1.65. The maximum Gasteiger partial charge on any atom is 0.242 e. The number of anilines is 1. The molecule has 0 bridgehead atoms. The van der Waals surface area contributed by atoms with Crippen molar-refractivity contribution in [3.63, 3.8) is 0 Å². The van der Waals surface area contributed by atoms with E-state index in [0.29, 0.717) is 11.3 Å². The van der Waals surface area contributed by atoms with E-state index < -0.39 is 5.60 Å². The molecule has 1 saturated heterocycles. The van der Waals surface area contributed by atoms with Gasteiger partial charge in [-0.05, 0) is 39.7 Å². The van der Waals surface area contributed by atoms with Crippen LogP contribution in [0.3, 0.4) is 0 Å². The average molecular weight is 349 g/mol. The van der Waals surface area contributed by atoms with Gasteiger partial charge in [0.25, 0.3) is 0 Å². The summed E-state index contributed by atoms with van der Waals surface area (Å²) in [6.45, 7) is 6.34. The van der Waals surface area contributed by atoms with Crippen LogP contribution in [0.2, 0.25) is 0 Å². The molecule has 0 spiro atoms. The highest BCUT2D eigenvalue weighted by molar-refractivity contribution is 7.13. The van der Waals surface area contributed by atoms with E-state index in [9.17, 15) is 9.90 Å². The number of thiazole rings is 1. The van der Waals surface area contributed by atoms with Crippen molar-refractivity contribution in [3.05, 3.63) is 34.7 Å². The molecular weight excluding hydrogens is 326 g/mol. The molecule has 6 nitrogen and oxygen atoms in total. The molecule has 0 unspecified atom stereocenters. The molecule has 130 valence electrons. The first-order valence-corrected chi connectivity index (χ1v) is 9.00. The second-order valence-electron chi connectivity index (χ2n) is 6.48. The van der Waals surface area contributed by atoms with Crippen molar-refractivity contribution < 1.29 is 14.3 Å². The maximum absolute atomic E-state index is 12.6. The fourth-order valence-electron chi connectivity index (χ4n) is 3.26. The van der Waals surface area contributed by atoms with Gasteiger partial charge in [-0.2, -0.15) is 0 Å². The van der Waals surface area contributed by atoms with Crippen molar-refractivity contribution in [2.45, 2.75) is 45.3 Å². The second-order valence-corrected chi connectivity index (χ2v) is 7.36. The van der Waals surface area contributed by atoms with E-state index >= 15 is 0 Å². The second kappa shape index (κ2) is 6.57. The predicted molar refractivity (Wildman–Crippen MR) is 93.2 cm³/mol. The smallest absolute Gasteiger partial charge is 0.242 e. The van der Waals surface area contributed by atoms with Gasteiger partial charge in [-0.1, -0.05) is 0 Å². The van der Waals surface area contributed by atoms with Gasteiger partial charge >= 0.3 is 0 Å². The number of aryl methyl sites for hydroxylation is 2. The lowest BCUT2D eigenvalue weighted by molar-refractivity contribution is -0.123. The van der Waals surface area contributed by atoms with Gasteiger partial charge in [-0.15, -0.1) is 11.3 Å². The van der Waals surface area contributed by atoms with Crippen LogP contribution in [-0.4, -0.2) is 35.1 Å². The Bertz CT molecular complexity index is 709. The number of amides is 1. The van der Waals surface area contributed by atoms with E-state index in [1.807, 2.05) is 30.2 Å². The van der Waals surface area contributed by atoms with Crippen LogP contribution in [0.5, 0.6) is 0 Å². The summed E-state index contributed by atoms with van der Waals surface area (Å²) in [6, 6.07) is 1.60. The third-order valence-electron chi connectivity index (χ3n) is 4.45. The summed E-state index contributed by atoms with van der Waals surface area (Å²) >= 11 is 1.54. The lowest BCUT2D eigenvalue weighted by atomic mass is 9.96. The molecule has 0 aromatic carbocycles. The summed E-state index contributed by atoms with van der Waals surface area (Å²) in [5.74, 6) is 1.36. The number of rotatable bonds is 5. The fourth-order valence-corrected chi connectivity index (χ4v) is 3.98. The fraction of sp³-hybridized carbons (Fsp3) is 0.529. The standard InChI is InChI=1S/C17H23N3O3S/c1-11-9-13(12(2)23-11)17(3,22)10-19-15(21)14-5-4-7-20(14)16-18-6-8-24-16/h6,8-9,14,22H,4-5,7,10H2,1-3H3,(H,19,21)/t14-,17+/m0/s1. The Morgan fingerprint density at radius 1 is 1.58 bits per heavy atom. The first-order chi connectivity index (χ1) is 11.4. The molecule has 1 fully saturated rings. The number of hydrogen-bond acceptors (Lipinski definition) is 6. The number of furan rings is 1. The Morgan fingerprint density at radius 2 is 2.38 bits per heavy atom. The molecule has 2 N–H and O–H groups in total. The number of aliphatic hydroxyl groups is 1. The van der Waals surface area contributed by atoms with Gasteiger partial charge in [0, 0.05) is 23.7 Å². The molecule has 3 heterocycles. The van der Waals surface area contributed by atoms with Crippen LogP contribution in [0.15, 0.2) is 22.1 Å². The monoisotopic (exact) mass is 349 g/mol. The highest BCUT2D eigenvalue weighted by atomic mass is 32.1. The molecule has 1 aliphatic heterocycles. The average Bonchev–Trinajstić information content (AvgIpc) is 3.24. The topological polar surface area (TPSA) is 78.6 Å². The normalized spacial score (nSPS) is 20.2. The summed E-state index contributed by atoms with van der Waals surface area (Å²) in [5.41, 5.74) is -0.453. The van der Waals surface area contributed by atoms with Gasteiger partial charge in [-0.3, -0.25) is 4.79 Å². The minimum absolute atomic E-state index is 0.0687. The first-order valence-electron chi connectivity index (χ1n) is 8.12. The molecule has 2 aromatic rings. The van der Waals surface area contributed by atoms with Crippen LogP contribution in [0.4, 0.5) is 5.13 Å². The van der Waals surface area contributed by atoms with Crippen LogP contribution in [0.1, 0.15) is 36.8 Å². The van der Waals surface area contributed by atoms with E-state index in [1.54, 1.807) is 13.1 Å². The van der Waals surface area contributed by atoms with Gasteiger partial charge in [-0.25, -0.2) is 4.98 Å². The van der Waals surface area contributed by atoms with Crippen LogP contribution >= 0.6 is 11.3 Å². The third kappa shape index (κ3) is 3.32. The number of carbonyl (C=O) groups excluding carboxylic acids is 1. The van der Waals surface area contributed by atoms with Gasteiger partial charge in [0.1, 0.15) is 23.2 Å². The molecule has 1 amide bonds. The zero-order valence-corrected chi connectivity index (χ0v) is 15.0. The Labute approximate surface area is 145 Å². The number of carbonyl (C=O) groups is 1. The summed E-state index contributed by atoms with van der Waals surface area (Å²) < 4.78 is 5.49. The van der Waals surface area contributed by atoms with Gasteiger partial charge in [0.05, 0.1) is 6.54 Å². The molecule has 0 aliphatic carbocycles. The van der Waals surface area contributed by atoms with E-state index in [0.717, 1.165) is 30.3 Å². The Hall–Kier alpha value is -1.86. The van der Waals surface area contributed by atoms with E-state index in [2.05, 4.69) is 10.3 Å². The first kappa shape index (κ1) is 17.0. The molecular formula is C17H23N3O3S. The van der Waals surface area contributed by atoms with Crippen LogP contribution in [0.25, 0.3) is 0 Å². The SMILES string of the molecule is Cc1cc([C@](C)(O)CNC(=O)[C@@H]2CCCN2c2nccs2)c(C)o1. The van der Waals surface area contributed by atoms with Crippen molar-refractivity contribution in [1.29, 1.82) is 0 Å². The molecule has 3 rings (SSSR count). The summed E-state index contributed by atoms with van der Waals surface area (Å²) in [7, 11) is 0. The highest BCUT2D eigenvalue weighted by Crippen LogP contribution is 2.29. The highest BCUT2D eigenvalue weighted by Gasteiger charge is 2.34. The number of hydrogen-bond donors (Lipinski definition) is 2. The van der Waals surface area contributed by atoms with Crippen molar-refractivity contribution in [2.75, 3.05) is 18.0 Å². The largest absolute Gasteiger partial charge is 0.466 e. The minimum Gasteiger partial charge on any atom is -0.466 e. The zero-order valence-electron chi connectivity index (χ0n) is 14.2. The van der Waals surface area contributed by atoms with Crippen LogP contribution in [-0.2, 0) is 10.4 Å².